The van der Waals surface area contributed by atoms with Crippen molar-refractivity contribution in [2.75, 3.05) is 13.2 Å². The predicted molar refractivity (Wildman–Crippen MR) is 134 cm³/mol. The van der Waals surface area contributed by atoms with E-state index in [4.69, 9.17) is 14.2 Å². The lowest BCUT2D eigenvalue weighted by Crippen LogP contribution is -2.40. The quantitative estimate of drug-likeness (QED) is 0.357. The summed E-state index contributed by atoms with van der Waals surface area (Å²) in [5.41, 5.74) is 1.75. The molecule has 0 radical (unpaired) electrons. The summed E-state index contributed by atoms with van der Waals surface area (Å²) in [4.78, 5) is 47.4. The van der Waals surface area contributed by atoms with E-state index in [1.165, 1.54) is 22.8 Å². The Kier molecular flexibility index (Phi) is 7.44. The van der Waals surface area contributed by atoms with E-state index in [0.717, 1.165) is 5.56 Å². The van der Waals surface area contributed by atoms with Crippen LogP contribution in [0.2, 0.25) is 0 Å². The van der Waals surface area contributed by atoms with Gasteiger partial charge in [0.1, 0.15) is 0 Å². The summed E-state index contributed by atoms with van der Waals surface area (Å²) in [7, 11) is 0. The summed E-state index contributed by atoms with van der Waals surface area (Å²) in [6.45, 7) is 7.03. The van der Waals surface area contributed by atoms with Crippen molar-refractivity contribution in [3.05, 3.63) is 84.8 Å². The van der Waals surface area contributed by atoms with Gasteiger partial charge in [-0.1, -0.05) is 23.5 Å². The lowest BCUT2D eigenvalue weighted by Gasteiger charge is -2.25. The van der Waals surface area contributed by atoms with Crippen LogP contribution in [0.1, 0.15) is 44.9 Å². The molecule has 3 aromatic rings. The van der Waals surface area contributed by atoms with Crippen molar-refractivity contribution in [3.8, 4) is 11.5 Å². The third-order valence-electron chi connectivity index (χ3n) is 5.34. The van der Waals surface area contributed by atoms with Crippen LogP contribution < -0.4 is 24.4 Å². The number of nitrogens with zero attached hydrogens (tertiary/aromatic N) is 3. The second kappa shape index (κ2) is 10.7. The topological polar surface area (TPSA) is 109 Å². The molecule has 0 unspecified atom stereocenters. The van der Waals surface area contributed by atoms with Gasteiger partial charge in [0.2, 0.25) is 0 Å². The van der Waals surface area contributed by atoms with E-state index in [1.807, 2.05) is 6.07 Å². The molecule has 2 aromatic heterocycles. The summed E-state index contributed by atoms with van der Waals surface area (Å²) >= 11 is 1.23. The SMILES string of the molecule is CCOC(=O)C1=C(C)N=c2s/c(=C/c3cccnc3)c(=O)n2[C@H]1c1ccc(OC(C)=O)c(OCC)c1. The van der Waals surface area contributed by atoms with Crippen molar-refractivity contribution in [1.82, 2.24) is 9.55 Å². The fourth-order valence-electron chi connectivity index (χ4n) is 3.92. The van der Waals surface area contributed by atoms with E-state index in [0.29, 0.717) is 33.0 Å². The second-order valence-electron chi connectivity index (χ2n) is 7.82. The van der Waals surface area contributed by atoms with Crippen LogP contribution in [0.5, 0.6) is 11.5 Å². The number of carbonyl (C=O) groups excluding carboxylic acids is 2. The van der Waals surface area contributed by atoms with Crippen LogP contribution in [0.3, 0.4) is 0 Å². The van der Waals surface area contributed by atoms with E-state index < -0.39 is 18.0 Å². The summed E-state index contributed by atoms with van der Waals surface area (Å²) in [5, 5.41) is 0. The highest BCUT2D eigenvalue weighted by Gasteiger charge is 2.34. The molecule has 1 aliphatic heterocycles. The minimum atomic E-state index is -0.818. The van der Waals surface area contributed by atoms with E-state index in [9.17, 15) is 14.4 Å². The summed E-state index contributed by atoms with van der Waals surface area (Å²) in [6.07, 6.45) is 5.06. The molecule has 3 heterocycles. The first kappa shape index (κ1) is 25.1. The standard InChI is InChI=1S/C26H25N3O6S/c1-5-33-20-13-18(9-10-19(20)35-16(4)30)23-22(25(32)34-6-2)15(3)28-26-29(23)24(31)21(36-26)12-17-8-7-11-27-14-17/h7-14,23H,5-6H2,1-4H3/b21-12+/t23-/m0/s1. The molecule has 0 bridgehead atoms. The van der Waals surface area contributed by atoms with Crippen LogP contribution in [0.4, 0.5) is 0 Å². The number of carbonyl (C=O) groups is 2. The smallest absolute Gasteiger partial charge is 0.338 e. The molecule has 10 heteroatoms. The van der Waals surface area contributed by atoms with E-state index >= 15 is 0 Å². The number of hydrogen-bond acceptors (Lipinski definition) is 9. The van der Waals surface area contributed by atoms with Crippen LogP contribution in [0, 0.1) is 0 Å². The van der Waals surface area contributed by atoms with Gasteiger partial charge in [-0.05, 0) is 56.2 Å². The first-order valence-electron chi connectivity index (χ1n) is 11.4. The molecule has 1 aliphatic rings. The Morgan fingerprint density at radius 1 is 1.17 bits per heavy atom. The van der Waals surface area contributed by atoms with Gasteiger partial charge in [-0.3, -0.25) is 19.1 Å². The van der Waals surface area contributed by atoms with Gasteiger partial charge in [0.25, 0.3) is 5.56 Å². The summed E-state index contributed by atoms with van der Waals surface area (Å²) < 4.78 is 18.3. The zero-order valence-corrected chi connectivity index (χ0v) is 21.1. The Morgan fingerprint density at radius 3 is 2.64 bits per heavy atom. The fourth-order valence-corrected chi connectivity index (χ4v) is 4.97. The minimum absolute atomic E-state index is 0.170. The molecular formula is C26H25N3O6S. The molecule has 1 aromatic carbocycles. The molecule has 0 fully saturated rings. The number of fused-ring (bicyclic) bond motifs is 1. The highest BCUT2D eigenvalue weighted by atomic mass is 32.1. The second-order valence-corrected chi connectivity index (χ2v) is 8.83. The molecule has 0 amide bonds. The van der Waals surface area contributed by atoms with Crippen LogP contribution in [-0.4, -0.2) is 34.7 Å². The van der Waals surface area contributed by atoms with Crippen molar-refractivity contribution >= 4 is 29.4 Å². The summed E-state index contributed by atoms with van der Waals surface area (Å²) in [5.74, 6) is -0.488. The number of thiazole rings is 1. The number of allylic oxidation sites excluding steroid dienone is 1. The Hall–Kier alpha value is -4.05. The lowest BCUT2D eigenvalue weighted by molar-refractivity contribution is -0.139. The maximum atomic E-state index is 13.6. The molecule has 1 atom stereocenters. The van der Waals surface area contributed by atoms with Crippen LogP contribution in [-0.2, 0) is 14.3 Å². The molecule has 0 saturated heterocycles. The van der Waals surface area contributed by atoms with E-state index in [2.05, 4.69) is 9.98 Å². The monoisotopic (exact) mass is 507 g/mol. The average molecular weight is 508 g/mol. The van der Waals surface area contributed by atoms with Crippen molar-refractivity contribution < 1.29 is 23.8 Å². The van der Waals surface area contributed by atoms with Gasteiger partial charge in [-0.15, -0.1) is 0 Å². The maximum absolute atomic E-state index is 13.6. The number of aromatic nitrogens is 2. The Morgan fingerprint density at radius 2 is 1.97 bits per heavy atom. The van der Waals surface area contributed by atoms with Gasteiger partial charge in [0.05, 0.1) is 35.1 Å². The van der Waals surface area contributed by atoms with Gasteiger partial charge in [0, 0.05) is 19.3 Å². The number of ether oxygens (including phenoxy) is 3. The van der Waals surface area contributed by atoms with Crippen molar-refractivity contribution in [2.45, 2.75) is 33.7 Å². The normalized spacial score (nSPS) is 15.2. The molecule has 0 aliphatic carbocycles. The fraction of sp³-hybridized carbons (Fsp3) is 0.269. The number of esters is 2. The first-order valence-corrected chi connectivity index (χ1v) is 12.2. The number of benzene rings is 1. The van der Waals surface area contributed by atoms with Crippen molar-refractivity contribution in [1.29, 1.82) is 0 Å². The molecule has 36 heavy (non-hydrogen) atoms. The Balaban J connectivity index is 1.95. The minimum Gasteiger partial charge on any atom is -0.490 e. The average Bonchev–Trinajstić information content (AvgIpc) is 3.14. The highest BCUT2D eigenvalue weighted by molar-refractivity contribution is 7.07. The van der Waals surface area contributed by atoms with Gasteiger partial charge < -0.3 is 14.2 Å². The third-order valence-corrected chi connectivity index (χ3v) is 6.32. The molecule has 0 saturated carbocycles. The Labute approximate surface area is 211 Å². The number of rotatable bonds is 7. The van der Waals surface area contributed by atoms with Crippen molar-refractivity contribution in [2.24, 2.45) is 4.99 Å². The molecule has 9 nitrogen and oxygen atoms in total. The van der Waals surface area contributed by atoms with E-state index in [1.54, 1.807) is 63.5 Å². The van der Waals surface area contributed by atoms with Gasteiger partial charge in [0.15, 0.2) is 16.3 Å². The van der Waals surface area contributed by atoms with Gasteiger partial charge >= 0.3 is 11.9 Å². The van der Waals surface area contributed by atoms with Crippen LogP contribution >= 0.6 is 11.3 Å². The molecule has 186 valence electrons. The molecule has 0 spiro atoms. The predicted octanol–water partition coefficient (Wildman–Crippen LogP) is 2.52. The van der Waals surface area contributed by atoms with Crippen molar-refractivity contribution in [3.63, 3.8) is 0 Å². The summed E-state index contributed by atoms with van der Waals surface area (Å²) in [6, 6.07) is 7.77. The molecule has 0 N–H and O–H groups in total. The largest absolute Gasteiger partial charge is 0.490 e. The maximum Gasteiger partial charge on any atom is 0.338 e. The number of pyridine rings is 1. The zero-order chi connectivity index (χ0) is 25.8. The third kappa shape index (κ3) is 4.99. The van der Waals surface area contributed by atoms with Gasteiger partial charge in [-0.25, -0.2) is 9.79 Å². The van der Waals surface area contributed by atoms with Gasteiger partial charge in [-0.2, -0.15) is 0 Å². The van der Waals surface area contributed by atoms with Crippen LogP contribution in [0.25, 0.3) is 6.08 Å². The van der Waals surface area contributed by atoms with E-state index in [-0.39, 0.29) is 23.5 Å². The lowest BCUT2D eigenvalue weighted by atomic mass is 9.95. The Bertz CT molecular complexity index is 1520. The highest BCUT2D eigenvalue weighted by Crippen LogP contribution is 2.36. The number of hydrogen-bond donors (Lipinski definition) is 0. The molecular weight excluding hydrogens is 482 g/mol. The van der Waals surface area contributed by atoms with Crippen LogP contribution in [0.15, 0.2) is 63.8 Å². The first-order chi connectivity index (χ1) is 17.3. The zero-order valence-electron chi connectivity index (χ0n) is 20.3. The molecule has 4 rings (SSSR count).